The zero-order valence-electron chi connectivity index (χ0n) is 19.7. The van der Waals surface area contributed by atoms with Gasteiger partial charge in [0, 0.05) is 39.5 Å². The lowest BCUT2D eigenvalue weighted by Gasteiger charge is -2.36. The molecule has 2 aromatic rings. The first-order valence-corrected chi connectivity index (χ1v) is 12.9. The van der Waals surface area contributed by atoms with Crippen LogP contribution in [0.25, 0.3) is 0 Å². The first-order valence-electron chi connectivity index (χ1n) is 10.8. The van der Waals surface area contributed by atoms with Crippen LogP contribution >= 0.6 is 0 Å². The van der Waals surface area contributed by atoms with Crippen molar-refractivity contribution in [2.75, 3.05) is 39.2 Å². The van der Waals surface area contributed by atoms with E-state index >= 15 is 0 Å². The van der Waals surface area contributed by atoms with Gasteiger partial charge in [0.2, 0.25) is 17.6 Å². The van der Waals surface area contributed by atoms with Crippen LogP contribution in [0, 0.1) is 5.82 Å². The fraction of sp³-hybridized carbons (Fsp3) is 0.455. The van der Waals surface area contributed by atoms with Crippen LogP contribution in [-0.4, -0.2) is 83.9 Å². The highest BCUT2D eigenvalue weighted by molar-refractivity contribution is 7.91. The molecule has 3 rings (SSSR count). The van der Waals surface area contributed by atoms with Crippen molar-refractivity contribution in [3.8, 4) is 5.75 Å². The summed E-state index contributed by atoms with van der Waals surface area (Å²) in [5.74, 6) is -2.50. The van der Waals surface area contributed by atoms with Gasteiger partial charge in [0.05, 0.1) is 18.2 Å². The van der Waals surface area contributed by atoms with Gasteiger partial charge < -0.3 is 15.3 Å². The first-order chi connectivity index (χ1) is 16.4. The monoisotopic (exact) mass is 509 g/mol. The lowest BCUT2D eigenvalue weighted by molar-refractivity contribution is -0.128. The fourth-order valence-electron chi connectivity index (χ4n) is 3.75. The van der Waals surface area contributed by atoms with Crippen molar-refractivity contribution in [3.63, 3.8) is 0 Å². The summed E-state index contributed by atoms with van der Waals surface area (Å²) in [6, 6.07) is 5.03. The smallest absolute Gasteiger partial charge is 0.296 e. The van der Waals surface area contributed by atoms with Crippen LogP contribution in [0.4, 0.5) is 4.39 Å². The van der Waals surface area contributed by atoms with Crippen molar-refractivity contribution in [3.05, 3.63) is 57.5 Å². The van der Waals surface area contributed by atoms with Crippen LogP contribution in [0.5, 0.6) is 5.75 Å². The van der Waals surface area contributed by atoms with E-state index in [1.807, 2.05) is 4.90 Å². The van der Waals surface area contributed by atoms with E-state index in [1.54, 1.807) is 7.05 Å². The Morgan fingerprint density at radius 3 is 2.54 bits per heavy atom. The molecule has 35 heavy (non-hydrogen) atoms. The first kappa shape index (κ1) is 26.3. The van der Waals surface area contributed by atoms with Gasteiger partial charge in [0.25, 0.3) is 5.56 Å². The normalized spacial score (nSPS) is 15.9. The van der Waals surface area contributed by atoms with Gasteiger partial charge in [0.15, 0.2) is 9.84 Å². The van der Waals surface area contributed by atoms with E-state index in [1.165, 1.54) is 40.8 Å². The molecular weight excluding hydrogens is 481 g/mol. The molecule has 0 bridgehead atoms. The highest BCUT2D eigenvalue weighted by Gasteiger charge is 2.32. The average molecular weight is 510 g/mol. The van der Waals surface area contributed by atoms with E-state index in [0.29, 0.717) is 12.1 Å². The van der Waals surface area contributed by atoms with Gasteiger partial charge in [-0.15, -0.1) is 0 Å². The fourth-order valence-corrected chi connectivity index (χ4v) is 4.41. The number of likely N-dealkylation sites (N-methyl/N-ethyl adjacent to an activating group) is 2. The van der Waals surface area contributed by atoms with E-state index in [0.717, 1.165) is 6.26 Å². The van der Waals surface area contributed by atoms with Gasteiger partial charge in [-0.1, -0.05) is 12.1 Å². The van der Waals surface area contributed by atoms with Gasteiger partial charge in [-0.05, 0) is 24.7 Å². The molecule has 1 aliphatic heterocycles. The third-order valence-electron chi connectivity index (χ3n) is 5.74. The number of nitrogens with one attached hydrogen (secondary N) is 1. The van der Waals surface area contributed by atoms with E-state index in [2.05, 4.69) is 10.3 Å². The zero-order valence-corrected chi connectivity index (χ0v) is 20.5. The maximum absolute atomic E-state index is 13.0. The minimum Gasteiger partial charge on any atom is -0.502 e. The van der Waals surface area contributed by atoms with Crippen molar-refractivity contribution in [1.29, 1.82) is 0 Å². The quantitative estimate of drug-likeness (QED) is 0.482. The molecule has 1 unspecified atom stereocenters. The molecule has 0 aliphatic carbocycles. The van der Waals surface area contributed by atoms with Crippen molar-refractivity contribution in [2.24, 2.45) is 0 Å². The Morgan fingerprint density at radius 2 is 1.91 bits per heavy atom. The van der Waals surface area contributed by atoms with Crippen molar-refractivity contribution < 1.29 is 27.5 Å². The SMILES string of the molecule is CN(CC1c2nc(CC(=O)NCc3ccc(F)cc3)c(O)c(=O)n2CCN1C)C(=O)CS(C)(=O)=O. The molecule has 1 aliphatic rings. The van der Waals surface area contributed by atoms with Crippen LogP contribution in [0.3, 0.4) is 0 Å². The van der Waals surface area contributed by atoms with Gasteiger partial charge in [-0.2, -0.15) is 0 Å². The van der Waals surface area contributed by atoms with Crippen molar-refractivity contribution in [2.45, 2.75) is 25.6 Å². The maximum Gasteiger partial charge on any atom is 0.296 e. The zero-order chi connectivity index (χ0) is 25.9. The molecule has 1 atom stereocenters. The lowest BCUT2D eigenvalue weighted by Crippen LogP contribution is -2.47. The van der Waals surface area contributed by atoms with E-state index in [9.17, 15) is 32.3 Å². The molecule has 0 radical (unpaired) electrons. The minimum absolute atomic E-state index is 0.0538. The minimum atomic E-state index is -3.52. The summed E-state index contributed by atoms with van der Waals surface area (Å²) in [4.78, 5) is 45.1. The van der Waals surface area contributed by atoms with E-state index in [-0.39, 0.29) is 37.6 Å². The predicted molar refractivity (Wildman–Crippen MR) is 125 cm³/mol. The second-order valence-corrected chi connectivity index (χ2v) is 10.8. The van der Waals surface area contributed by atoms with Gasteiger partial charge in [0.1, 0.15) is 17.4 Å². The summed E-state index contributed by atoms with van der Waals surface area (Å²) in [7, 11) is -0.279. The number of fused-ring (bicyclic) bond motifs is 1. The molecule has 0 saturated carbocycles. The van der Waals surface area contributed by atoms with Crippen LogP contribution in [-0.2, 0) is 38.9 Å². The number of benzene rings is 1. The average Bonchev–Trinajstić information content (AvgIpc) is 2.77. The number of carbonyl (C=O) groups excluding carboxylic acids is 2. The molecule has 2 heterocycles. The lowest BCUT2D eigenvalue weighted by atomic mass is 10.1. The number of aromatic hydroxyl groups is 1. The second kappa shape index (κ2) is 10.5. The standard InChI is InChI=1S/C22H28FN5O6S/c1-26-8-9-28-21(17(26)12-27(2)19(30)13-35(3,33)34)25-16(20(31)22(28)32)10-18(29)24-11-14-4-6-15(23)7-5-14/h4-7,17,31H,8-13H2,1-3H3,(H,24,29). The largest absolute Gasteiger partial charge is 0.502 e. The third kappa shape index (κ3) is 6.63. The Balaban J connectivity index is 1.80. The number of nitrogens with zero attached hydrogens (tertiary/aromatic N) is 4. The van der Waals surface area contributed by atoms with Crippen LogP contribution in [0.15, 0.2) is 29.1 Å². The number of amides is 2. The summed E-state index contributed by atoms with van der Waals surface area (Å²) < 4.78 is 37.3. The molecular formula is C22H28FN5O6S. The number of halogens is 1. The maximum atomic E-state index is 13.0. The molecule has 190 valence electrons. The van der Waals surface area contributed by atoms with E-state index in [4.69, 9.17) is 0 Å². The number of rotatable bonds is 8. The number of carbonyl (C=O) groups is 2. The topological polar surface area (TPSA) is 142 Å². The second-order valence-electron chi connectivity index (χ2n) is 8.64. The summed E-state index contributed by atoms with van der Waals surface area (Å²) in [5.41, 5.74) is -0.131. The molecule has 11 nitrogen and oxygen atoms in total. The summed E-state index contributed by atoms with van der Waals surface area (Å²) in [6.07, 6.45) is 0.605. The Bertz CT molecular complexity index is 1280. The van der Waals surface area contributed by atoms with E-state index < -0.39 is 50.6 Å². The molecule has 2 N–H and O–H groups in total. The summed E-state index contributed by atoms with van der Waals surface area (Å²) >= 11 is 0. The molecule has 0 spiro atoms. The summed E-state index contributed by atoms with van der Waals surface area (Å²) in [5, 5.41) is 13.0. The Hall–Kier alpha value is -3.32. The van der Waals surface area contributed by atoms with Crippen molar-refractivity contribution >= 4 is 21.7 Å². The Morgan fingerprint density at radius 1 is 1.26 bits per heavy atom. The summed E-state index contributed by atoms with van der Waals surface area (Å²) in [6.45, 7) is 0.866. The van der Waals surface area contributed by atoms with Gasteiger partial charge in [-0.3, -0.25) is 23.9 Å². The molecule has 13 heteroatoms. The molecule has 2 amide bonds. The highest BCUT2D eigenvalue weighted by atomic mass is 32.2. The molecule has 1 aromatic heterocycles. The Labute approximate surface area is 202 Å². The highest BCUT2D eigenvalue weighted by Crippen LogP contribution is 2.24. The molecule has 0 saturated heterocycles. The number of hydrogen-bond donors (Lipinski definition) is 2. The number of hydrogen-bond acceptors (Lipinski definition) is 8. The molecule has 0 fully saturated rings. The Kier molecular flexibility index (Phi) is 7.90. The number of aromatic nitrogens is 2. The third-order valence-corrected chi connectivity index (χ3v) is 6.51. The van der Waals surface area contributed by atoms with Crippen LogP contribution < -0.4 is 10.9 Å². The molecule has 1 aromatic carbocycles. The van der Waals surface area contributed by atoms with Crippen LogP contribution in [0.2, 0.25) is 0 Å². The van der Waals surface area contributed by atoms with Gasteiger partial charge in [-0.25, -0.2) is 17.8 Å². The van der Waals surface area contributed by atoms with Crippen LogP contribution in [0.1, 0.15) is 23.1 Å². The number of sulfone groups is 1. The van der Waals surface area contributed by atoms with Gasteiger partial charge >= 0.3 is 0 Å². The predicted octanol–water partition coefficient (Wildman–Crippen LogP) is -0.564. The van der Waals surface area contributed by atoms with Crippen molar-refractivity contribution in [1.82, 2.24) is 24.7 Å².